The fraction of sp³-hybridized carbons (Fsp3) is 0.111. The third-order valence-corrected chi connectivity index (χ3v) is 3.52. The van der Waals surface area contributed by atoms with Gasteiger partial charge in [-0.2, -0.15) is 0 Å². The highest BCUT2D eigenvalue weighted by atomic mass is 16.5. The number of benzene rings is 2. The Bertz CT molecular complexity index is 950. The standard InChI is InChI=1S/C18H14N2O3/c1-12-19-20-18(22-12)17-10-9-14(23-17)11-21-16-8-4-6-13-5-2-3-7-15(13)16/h2-10H,11H2,1H3. The van der Waals surface area contributed by atoms with Crippen molar-refractivity contribution in [2.75, 3.05) is 0 Å². The van der Waals surface area contributed by atoms with E-state index in [0.717, 1.165) is 16.5 Å². The van der Waals surface area contributed by atoms with Crippen LogP contribution < -0.4 is 4.74 Å². The summed E-state index contributed by atoms with van der Waals surface area (Å²) in [5.74, 6) is 2.95. The van der Waals surface area contributed by atoms with Crippen LogP contribution in [0.15, 0.2) is 63.4 Å². The van der Waals surface area contributed by atoms with Gasteiger partial charge in [-0.15, -0.1) is 10.2 Å². The summed E-state index contributed by atoms with van der Waals surface area (Å²) in [7, 11) is 0. The van der Waals surface area contributed by atoms with Crippen molar-refractivity contribution >= 4 is 10.8 Å². The molecule has 5 heteroatoms. The monoisotopic (exact) mass is 306 g/mol. The molecule has 0 saturated carbocycles. The van der Waals surface area contributed by atoms with Crippen molar-refractivity contribution in [1.29, 1.82) is 0 Å². The lowest BCUT2D eigenvalue weighted by Gasteiger charge is -2.07. The minimum atomic E-state index is 0.334. The zero-order valence-electron chi connectivity index (χ0n) is 12.5. The first-order valence-corrected chi connectivity index (χ1v) is 7.29. The molecule has 4 aromatic rings. The molecule has 0 aliphatic heterocycles. The fourth-order valence-corrected chi connectivity index (χ4v) is 2.44. The molecule has 0 radical (unpaired) electrons. The summed E-state index contributed by atoms with van der Waals surface area (Å²) in [6.45, 7) is 2.07. The van der Waals surface area contributed by atoms with E-state index in [9.17, 15) is 0 Å². The van der Waals surface area contributed by atoms with Crippen molar-refractivity contribution in [3.8, 4) is 17.4 Å². The molecular formula is C18H14N2O3. The summed E-state index contributed by atoms with van der Waals surface area (Å²) in [5, 5.41) is 9.95. The highest BCUT2D eigenvalue weighted by Gasteiger charge is 2.11. The Kier molecular flexibility index (Phi) is 3.31. The maximum Gasteiger partial charge on any atom is 0.283 e. The van der Waals surface area contributed by atoms with Gasteiger partial charge in [0.1, 0.15) is 18.1 Å². The van der Waals surface area contributed by atoms with Gasteiger partial charge in [-0.25, -0.2) is 0 Å². The van der Waals surface area contributed by atoms with Gasteiger partial charge in [0, 0.05) is 12.3 Å². The van der Waals surface area contributed by atoms with Gasteiger partial charge < -0.3 is 13.6 Å². The number of fused-ring (bicyclic) bond motifs is 1. The Balaban J connectivity index is 1.54. The third kappa shape index (κ3) is 2.68. The second-order valence-electron chi connectivity index (χ2n) is 5.16. The fourth-order valence-electron chi connectivity index (χ4n) is 2.44. The smallest absolute Gasteiger partial charge is 0.283 e. The molecule has 0 spiro atoms. The maximum atomic E-state index is 5.90. The zero-order chi connectivity index (χ0) is 15.6. The van der Waals surface area contributed by atoms with Crippen LogP contribution >= 0.6 is 0 Å². The highest BCUT2D eigenvalue weighted by molar-refractivity contribution is 5.88. The summed E-state index contributed by atoms with van der Waals surface area (Å²) in [5.41, 5.74) is 0. The van der Waals surface area contributed by atoms with Crippen LogP contribution in [0.1, 0.15) is 11.7 Å². The molecule has 114 valence electrons. The molecule has 0 saturated heterocycles. The first-order valence-electron chi connectivity index (χ1n) is 7.29. The number of hydrogen-bond donors (Lipinski definition) is 0. The lowest BCUT2D eigenvalue weighted by molar-refractivity contribution is 0.274. The van der Waals surface area contributed by atoms with Gasteiger partial charge in [0.25, 0.3) is 5.89 Å². The minimum Gasteiger partial charge on any atom is -0.485 e. The van der Waals surface area contributed by atoms with Gasteiger partial charge in [0.15, 0.2) is 5.76 Å². The molecule has 5 nitrogen and oxygen atoms in total. The summed E-state index contributed by atoms with van der Waals surface area (Å²) in [4.78, 5) is 0. The van der Waals surface area contributed by atoms with Crippen LogP contribution in [0, 0.1) is 6.92 Å². The second-order valence-corrected chi connectivity index (χ2v) is 5.16. The summed E-state index contributed by atoms with van der Waals surface area (Å²) in [6.07, 6.45) is 0. The van der Waals surface area contributed by atoms with Gasteiger partial charge in [-0.05, 0) is 23.6 Å². The molecule has 0 N–H and O–H groups in total. The molecular weight excluding hydrogens is 292 g/mol. The maximum absolute atomic E-state index is 5.90. The average Bonchev–Trinajstić information content (AvgIpc) is 3.21. The number of aryl methyl sites for hydroxylation is 1. The van der Waals surface area contributed by atoms with Gasteiger partial charge in [0.2, 0.25) is 5.89 Å². The predicted octanol–water partition coefficient (Wildman–Crippen LogP) is 4.37. The zero-order valence-corrected chi connectivity index (χ0v) is 12.5. The van der Waals surface area contributed by atoms with Crippen molar-refractivity contribution in [3.63, 3.8) is 0 Å². The third-order valence-electron chi connectivity index (χ3n) is 3.52. The molecule has 0 unspecified atom stereocenters. The molecule has 0 bridgehead atoms. The Labute approximate surface area is 132 Å². The van der Waals surface area contributed by atoms with Crippen molar-refractivity contribution in [2.45, 2.75) is 13.5 Å². The van der Waals surface area contributed by atoms with Crippen LogP contribution in [0.5, 0.6) is 5.75 Å². The molecule has 0 aliphatic rings. The highest BCUT2D eigenvalue weighted by Crippen LogP contribution is 2.27. The van der Waals surface area contributed by atoms with Crippen LogP contribution in [0.3, 0.4) is 0 Å². The predicted molar refractivity (Wildman–Crippen MR) is 85.0 cm³/mol. The quantitative estimate of drug-likeness (QED) is 0.560. The van der Waals surface area contributed by atoms with E-state index in [1.807, 2.05) is 36.4 Å². The molecule has 0 amide bonds. The van der Waals surface area contributed by atoms with Crippen molar-refractivity contribution in [1.82, 2.24) is 10.2 Å². The average molecular weight is 306 g/mol. The van der Waals surface area contributed by atoms with Crippen molar-refractivity contribution in [3.05, 3.63) is 66.2 Å². The van der Waals surface area contributed by atoms with E-state index < -0.39 is 0 Å². The van der Waals surface area contributed by atoms with Crippen molar-refractivity contribution < 1.29 is 13.6 Å². The van der Waals surface area contributed by atoms with E-state index in [1.165, 1.54) is 0 Å². The van der Waals surface area contributed by atoms with Crippen molar-refractivity contribution in [2.24, 2.45) is 0 Å². The first kappa shape index (κ1) is 13.6. The van der Waals surface area contributed by atoms with E-state index in [4.69, 9.17) is 13.6 Å². The van der Waals surface area contributed by atoms with Gasteiger partial charge in [-0.3, -0.25) is 0 Å². The summed E-state index contributed by atoms with van der Waals surface area (Å²) < 4.78 is 16.9. The molecule has 2 aromatic carbocycles. The largest absolute Gasteiger partial charge is 0.485 e. The van der Waals surface area contributed by atoms with E-state index in [0.29, 0.717) is 29.9 Å². The van der Waals surface area contributed by atoms with Gasteiger partial charge in [0.05, 0.1) is 0 Å². The number of hydrogen-bond acceptors (Lipinski definition) is 5. The summed E-state index contributed by atoms with van der Waals surface area (Å²) in [6, 6.07) is 17.7. The van der Waals surface area contributed by atoms with Gasteiger partial charge in [-0.1, -0.05) is 36.4 Å². The van der Waals surface area contributed by atoms with Gasteiger partial charge >= 0.3 is 0 Å². The number of nitrogens with zero attached hydrogens (tertiary/aromatic N) is 2. The number of rotatable bonds is 4. The Morgan fingerprint density at radius 2 is 1.78 bits per heavy atom. The summed E-state index contributed by atoms with van der Waals surface area (Å²) >= 11 is 0. The second kappa shape index (κ2) is 5.61. The lowest BCUT2D eigenvalue weighted by Crippen LogP contribution is -1.94. The van der Waals surface area contributed by atoms with E-state index in [-0.39, 0.29) is 0 Å². The van der Waals surface area contributed by atoms with E-state index in [1.54, 1.807) is 13.0 Å². The lowest BCUT2D eigenvalue weighted by atomic mass is 10.1. The molecule has 2 aromatic heterocycles. The van der Waals surface area contributed by atoms with Crippen LogP contribution in [0.25, 0.3) is 22.4 Å². The normalized spacial score (nSPS) is 11.0. The molecule has 4 rings (SSSR count). The molecule has 23 heavy (non-hydrogen) atoms. The van der Waals surface area contributed by atoms with E-state index in [2.05, 4.69) is 22.3 Å². The Hall–Kier alpha value is -3.08. The molecule has 0 fully saturated rings. The first-order chi connectivity index (χ1) is 11.3. The molecule has 2 heterocycles. The van der Waals surface area contributed by atoms with Crippen LogP contribution in [0.4, 0.5) is 0 Å². The molecule has 0 aliphatic carbocycles. The number of ether oxygens (including phenoxy) is 1. The number of aromatic nitrogens is 2. The van der Waals surface area contributed by atoms with E-state index >= 15 is 0 Å². The minimum absolute atomic E-state index is 0.334. The topological polar surface area (TPSA) is 61.3 Å². The van der Waals surface area contributed by atoms with Crippen LogP contribution in [-0.2, 0) is 6.61 Å². The SMILES string of the molecule is Cc1nnc(-c2ccc(COc3cccc4ccccc34)o2)o1. The Morgan fingerprint density at radius 3 is 2.65 bits per heavy atom. The van der Waals surface area contributed by atoms with Crippen LogP contribution in [0.2, 0.25) is 0 Å². The van der Waals surface area contributed by atoms with Crippen LogP contribution in [-0.4, -0.2) is 10.2 Å². The Morgan fingerprint density at radius 1 is 0.913 bits per heavy atom. The number of furan rings is 1. The molecule has 0 atom stereocenters.